The van der Waals surface area contributed by atoms with Crippen LogP contribution >= 0.6 is 0 Å². The van der Waals surface area contributed by atoms with E-state index in [9.17, 15) is 9.59 Å². The molecule has 4 nitrogen and oxygen atoms in total. The Morgan fingerprint density at radius 3 is 2.50 bits per heavy atom. The molecule has 0 saturated carbocycles. The highest BCUT2D eigenvalue weighted by atomic mass is 16.2. The zero-order valence-corrected chi connectivity index (χ0v) is 11.1. The predicted molar refractivity (Wildman–Crippen MR) is 76.1 cm³/mol. The largest absolute Gasteiger partial charge is 0.369 e. The van der Waals surface area contributed by atoms with E-state index in [1.54, 1.807) is 0 Å². The number of anilines is 1. The van der Waals surface area contributed by atoms with Crippen molar-refractivity contribution in [3.8, 4) is 12.3 Å². The molecule has 2 aliphatic heterocycles. The van der Waals surface area contributed by atoms with Crippen molar-refractivity contribution in [2.75, 3.05) is 18.0 Å². The molecule has 0 bridgehead atoms. The quantitative estimate of drug-likeness (QED) is 0.649. The number of benzene rings is 1. The number of terminal acetylenes is 1. The summed E-state index contributed by atoms with van der Waals surface area (Å²) in [5.41, 5.74) is 2.10. The molecule has 0 aliphatic carbocycles. The lowest BCUT2D eigenvalue weighted by molar-refractivity contribution is -0.134. The third-order valence-electron chi connectivity index (χ3n) is 4.02. The molecular formula is C16H16N2O2. The van der Waals surface area contributed by atoms with Crippen molar-refractivity contribution < 1.29 is 9.59 Å². The van der Waals surface area contributed by atoms with E-state index in [4.69, 9.17) is 6.42 Å². The van der Waals surface area contributed by atoms with Crippen LogP contribution in [-0.4, -0.2) is 24.9 Å². The highest BCUT2D eigenvalue weighted by molar-refractivity contribution is 6.00. The molecular weight excluding hydrogens is 252 g/mol. The third kappa shape index (κ3) is 2.27. The summed E-state index contributed by atoms with van der Waals surface area (Å²) in [6.45, 7) is 1.79. The first kappa shape index (κ1) is 12.7. The molecule has 2 amide bonds. The fraction of sp³-hybridized carbons (Fsp3) is 0.375. The van der Waals surface area contributed by atoms with Gasteiger partial charge in [0.2, 0.25) is 11.8 Å². The molecule has 1 atom stereocenters. The van der Waals surface area contributed by atoms with Crippen molar-refractivity contribution in [1.29, 1.82) is 0 Å². The Bertz CT molecular complexity index is 579. The minimum atomic E-state index is -0.211. The van der Waals surface area contributed by atoms with Gasteiger partial charge >= 0.3 is 0 Å². The van der Waals surface area contributed by atoms with Gasteiger partial charge in [-0.2, -0.15) is 0 Å². The van der Waals surface area contributed by atoms with E-state index in [0.717, 1.165) is 24.3 Å². The maximum absolute atomic E-state index is 11.8. The minimum absolute atomic E-state index is 0.177. The Labute approximate surface area is 118 Å². The normalized spacial score (nSPS) is 22.9. The molecule has 1 aromatic carbocycles. The smallest absolute Gasteiger partial charge is 0.234 e. The molecule has 4 heteroatoms. The van der Waals surface area contributed by atoms with Crippen LogP contribution in [-0.2, 0) is 9.59 Å². The molecule has 2 aliphatic rings. The number of hydrogen-bond donors (Lipinski definition) is 1. The number of amides is 2. The topological polar surface area (TPSA) is 49.4 Å². The lowest BCUT2D eigenvalue weighted by Crippen LogP contribution is -2.46. The number of nitrogens with zero attached hydrogens (tertiary/aromatic N) is 1. The SMILES string of the molecule is C#CC1CN(c2ccc(C3CCC(=O)NC3=O)cc2)C1. The van der Waals surface area contributed by atoms with Gasteiger partial charge in [0.15, 0.2) is 0 Å². The molecule has 102 valence electrons. The molecule has 0 radical (unpaired) electrons. The van der Waals surface area contributed by atoms with Crippen LogP contribution in [0.4, 0.5) is 5.69 Å². The average molecular weight is 268 g/mol. The summed E-state index contributed by atoms with van der Waals surface area (Å²) in [5, 5.41) is 2.39. The van der Waals surface area contributed by atoms with Crippen molar-refractivity contribution in [2.45, 2.75) is 18.8 Å². The van der Waals surface area contributed by atoms with Crippen molar-refractivity contribution in [2.24, 2.45) is 5.92 Å². The Kier molecular flexibility index (Phi) is 3.19. The molecule has 2 heterocycles. The monoisotopic (exact) mass is 268 g/mol. The summed E-state index contributed by atoms with van der Waals surface area (Å²) < 4.78 is 0. The lowest BCUT2D eigenvalue weighted by Gasteiger charge is -2.38. The number of rotatable bonds is 2. The maximum Gasteiger partial charge on any atom is 0.234 e. The van der Waals surface area contributed by atoms with E-state index in [2.05, 4.69) is 16.1 Å². The van der Waals surface area contributed by atoms with Crippen LogP contribution in [0.2, 0.25) is 0 Å². The second-order valence-corrected chi connectivity index (χ2v) is 5.36. The van der Waals surface area contributed by atoms with Crippen LogP contribution in [0.3, 0.4) is 0 Å². The summed E-state index contributed by atoms with van der Waals surface area (Å²) in [6.07, 6.45) is 6.37. The standard InChI is InChI=1S/C16H16N2O2/c1-2-11-9-18(10-11)13-5-3-12(4-6-13)14-7-8-15(19)17-16(14)20/h1,3-6,11,14H,7-10H2,(H,17,19,20). The summed E-state index contributed by atoms with van der Waals surface area (Å²) in [6, 6.07) is 7.98. The van der Waals surface area contributed by atoms with E-state index in [0.29, 0.717) is 18.8 Å². The molecule has 2 fully saturated rings. The molecule has 2 saturated heterocycles. The Balaban J connectivity index is 1.69. The van der Waals surface area contributed by atoms with Gasteiger partial charge in [0.1, 0.15) is 0 Å². The van der Waals surface area contributed by atoms with Gasteiger partial charge in [-0.1, -0.05) is 18.1 Å². The zero-order valence-electron chi connectivity index (χ0n) is 11.1. The summed E-state index contributed by atoms with van der Waals surface area (Å²) >= 11 is 0. The van der Waals surface area contributed by atoms with Crippen LogP contribution < -0.4 is 10.2 Å². The minimum Gasteiger partial charge on any atom is -0.369 e. The van der Waals surface area contributed by atoms with Crippen LogP contribution in [0.25, 0.3) is 0 Å². The highest BCUT2D eigenvalue weighted by Crippen LogP contribution is 2.29. The molecule has 20 heavy (non-hydrogen) atoms. The number of hydrogen-bond acceptors (Lipinski definition) is 3. The Morgan fingerprint density at radius 2 is 1.90 bits per heavy atom. The van der Waals surface area contributed by atoms with Gasteiger partial charge in [0.25, 0.3) is 0 Å². The van der Waals surface area contributed by atoms with Gasteiger partial charge in [-0.15, -0.1) is 6.42 Å². The maximum atomic E-state index is 11.8. The summed E-state index contributed by atoms with van der Waals surface area (Å²) in [5.74, 6) is 2.52. The number of imide groups is 1. The molecule has 1 N–H and O–H groups in total. The van der Waals surface area contributed by atoms with Gasteiger partial charge in [0, 0.05) is 25.2 Å². The van der Waals surface area contributed by atoms with Crippen molar-refractivity contribution in [3.05, 3.63) is 29.8 Å². The van der Waals surface area contributed by atoms with Crippen molar-refractivity contribution >= 4 is 17.5 Å². The van der Waals surface area contributed by atoms with Gasteiger partial charge in [-0.05, 0) is 24.1 Å². The molecule has 1 aromatic rings. The molecule has 0 spiro atoms. The van der Waals surface area contributed by atoms with Gasteiger partial charge < -0.3 is 4.90 Å². The van der Waals surface area contributed by atoms with E-state index < -0.39 is 0 Å². The van der Waals surface area contributed by atoms with Crippen LogP contribution in [0, 0.1) is 18.3 Å². The van der Waals surface area contributed by atoms with E-state index in [-0.39, 0.29) is 17.7 Å². The third-order valence-corrected chi connectivity index (χ3v) is 4.02. The molecule has 1 unspecified atom stereocenters. The van der Waals surface area contributed by atoms with Crippen molar-refractivity contribution in [1.82, 2.24) is 5.32 Å². The van der Waals surface area contributed by atoms with Gasteiger partial charge in [-0.25, -0.2) is 0 Å². The summed E-state index contributed by atoms with van der Waals surface area (Å²) in [7, 11) is 0. The number of carbonyl (C=O) groups excluding carboxylic acids is 2. The zero-order chi connectivity index (χ0) is 14.1. The first-order valence-corrected chi connectivity index (χ1v) is 6.82. The van der Waals surface area contributed by atoms with Crippen LogP contribution in [0.1, 0.15) is 24.3 Å². The van der Waals surface area contributed by atoms with Crippen molar-refractivity contribution in [3.63, 3.8) is 0 Å². The number of piperidine rings is 1. The summed E-state index contributed by atoms with van der Waals surface area (Å²) in [4.78, 5) is 25.2. The van der Waals surface area contributed by atoms with E-state index in [1.807, 2.05) is 24.3 Å². The Hall–Kier alpha value is -2.28. The highest BCUT2D eigenvalue weighted by Gasteiger charge is 2.29. The molecule has 3 rings (SSSR count). The second-order valence-electron chi connectivity index (χ2n) is 5.36. The van der Waals surface area contributed by atoms with Gasteiger partial charge in [0.05, 0.1) is 11.8 Å². The van der Waals surface area contributed by atoms with E-state index in [1.165, 1.54) is 0 Å². The average Bonchev–Trinajstić information content (AvgIpc) is 2.39. The number of nitrogens with one attached hydrogen (secondary N) is 1. The first-order valence-electron chi connectivity index (χ1n) is 6.82. The second kappa shape index (κ2) is 5.01. The van der Waals surface area contributed by atoms with Crippen LogP contribution in [0.15, 0.2) is 24.3 Å². The number of carbonyl (C=O) groups is 2. The fourth-order valence-corrected chi connectivity index (χ4v) is 2.72. The lowest BCUT2D eigenvalue weighted by atomic mass is 9.90. The predicted octanol–water partition coefficient (Wildman–Crippen LogP) is 1.28. The van der Waals surface area contributed by atoms with Gasteiger partial charge in [-0.3, -0.25) is 14.9 Å². The fourth-order valence-electron chi connectivity index (χ4n) is 2.72. The van der Waals surface area contributed by atoms with E-state index >= 15 is 0 Å². The molecule has 0 aromatic heterocycles. The Morgan fingerprint density at radius 1 is 1.20 bits per heavy atom. The first-order chi connectivity index (χ1) is 9.67. The van der Waals surface area contributed by atoms with Crippen LogP contribution in [0.5, 0.6) is 0 Å².